The Bertz CT molecular complexity index is 202. The summed E-state index contributed by atoms with van der Waals surface area (Å²) in [7, 11) is 0. The zero-order chi connectivity index (χ0) is 11.4. The molecule has 2 rings (SSSR count). The Kier molecular flexibility index (Phi) is 4.49. The molecule has 92 valence electrons. The normalized spacial score (nSPS) is 40.6. The molecule has 0 heteroatoms. The van der Waals surface area contributed by atoms with E-state index in [1.807, 2.05) is 0 Å². The fourth-order valence-corrected chi connectivity index (χ4v) is 3.92. The summed E-state index contributed by atoms with van der Waals surface area (Å²) in [6, 6.07) is 0. The van der Waals surface area contributed by atoms with Crippen LogP contribution in [0.2, 0.25) is 0 Å². The van der Waals surface area contributed by atoms with Gasteiger partial charge in [0.05, 0.1) is 0 Å². The highest BCUT2D eigenvalue weighted by Gasteiger charge is 2.29. The average molecular weight is 220 g/mol. The van der Waals surface area contributed by atoms with Gasteiger partial charge in [0.15, 0.2) is 0 Å². The molecule has 0 heterocycles. The highest BCUT2D eigenvalue weighted by Crippen LogP contribution is 2.41. The molecule has 0 nitrogen and oxygen atoms in total. The summed E-state index contributed by atoms with van der Waals surface area (Å²) in [5, 5.41) is 0. The van der Waals surface area contributed by atoms with Gasteiger partial charge in [0.1, 0.15) is 0 Å². The van der Waals surface area contributed by atoms with E-state index in [4.69, 9.17) is 0 Å². The third-order valence-electron chi connectivity index (χ3n) is 5.29. The van der Waals surface area contributed by atoms with E-state index >= 15 is 0 Å². The van der Waals surface area contributed by atoms with E-state index in [1.165, 1.54) is 57.8 Å². The van der Waals surface area contributed by atoms with Crippen molar-refractivity contribution in [2.24, 2.45) is 23.7 Å². The third-order valence-corrected chi connectivity index (χ3v) is 5.29. The molecule has 0 bridgehead atoms. The molecule has 2 aliphatic carbocycles. The molecule has 2 fully saturated rings. The topological polar surface area (TPSA) is 0 Å². The molecule has 0 amide bonds. The molecule has 0 aromatic heterocycles. The Morgan fingerprint density at radius 1 is 0.875 bits per heavy atom. The van der Waals surface area contributed by atoms with E-state index in [0.717, 1.165) is 23.7 Å². The van der Waals surface area contributed by atoms with Crippen LogP contribution in [0.1, 0.15) is 64.7 Å². The first-order chi connectivity index (χ1) is 7.83. The van der Waals surface area contributed by atoms with Crippen molar-refractivity contribution in [1.82, 2.24) is 0 Å². The number of rotatable bonds is 3. The van der Waals surface area contributed by atoms with Gasteiger partial charge in [-0.2, -0.15) is 0 Å². The fourth-order valence-electron chi connectivity index (χ4n) is 3.92. The predicted octanol–water partition coefficient (Wildman–Crippen LogP) is 5.20. The van der Waals surface area contributed by atoms with E-state index in [-0.39, 0.29) is 0 Å². The van der Waals surface area contributed by atoms with Gasteiger partial charge in [0.25, 0.3) is 0 Å². The second kappa shape index (κ2) is 5.89. The minimum Gasteiger partial charge on any atom is -0.103 e. The average Bonchev–Trinajstić information content (AvgIpc) is 2.39. The molecule has 0 atom stereocenters. The zero-order valence-corrected chi connectivity index (χ0v) is 11.0. The first-order valence-electron chi connectivity index (χ1n) is 7.46. The van der Waals surface area contributed by atoms with Crippen LogP contribution in [-0.2, 0) is 0 Å². The molecule has 0 spiro atoms. The quantitative estimate of drug-likeness (QED) is 0.574. The van der Waals surface area contributed by atoms with Crippen LogP contribution in [0.5, 0.6) is 0 Å². The molecule has 0 aromatic rings. The van der Waals surface area contributed by atoms with Crippen LogP contribution in [0.15, 0.2) is 12.7 Å². The first kappa shape index (κ1) is 12.2. The number of hydrogen-bond donors (Lipinski definition) is 0. The van der Waals surface area contributed by atoms with Crippen molar-refractivity contribution in [3.63, 3.8) is 0 Å². The van der Waals surface area contributed by atoms with Crippen LogP contribution < -0.4 is 0 Å². The van der Waals surface area contributed by atoms with E-state index < -0.39 is 0 Å². The summed E-state index contributed by atoms with van der Waals surface area (Å²) in [5.74, 6) is 4.03. The Labute approximate surface area is 102 Å². The molecule has 2 aliphatic rings. The fraction of sp³-hybridized carbons (Fsp3) is 0.875. The van der Waals surface area contributed by atoms with Gasteiger partial charge >= 0.3 is 0 Å². The smallest absolute Gasteiger partial charge is 0.0236 e. The maximum absolute atomic E-state index is 3.94. The lowest BCUT2D eigenvalue weighted by Crippen LogP contribution is -2.25. The van der Waals surface area contributed by atoms with E-state index in [0.29, 0.717) is 0 Å². The highest BCUT2D eigenvalue weighted by molar-refractivity contribution is 4.87. The van der Waals surface area contributed by atoms with Crippen molar-refractivity contribution in [2.45, 2.75) is 64.7 Å². The van der Waals surface area contributed by atoms with E-state index in [2.05, 4.69) is 19.6 Å². The summed E-state index contributed by atoms with van der Waals surface area (Å²) >= 11 is 0. The maximum atomic E-state index is 3.94. The van der Waals surface area contributed by atoms with Crippen molar-refractivity contribution in [3.8, 4) is 0 Å². The molecule has 0 saturated heterocycles. The van der Waals surface area contributed by atoms with Crippen molar-refractivity contribution in [3.05, 3.63) is 12.7 Å². The van der Waals surface area contributed by atoms with Crippen LogP contribution in [0.4, 0.5) is 0 Å². The third kappa shape index (κ3) is 2.90. The van der Waals surface area contributed by atoms with Crippen molar-refractivity contribution >= 4 is 0 Å². The lowest BCUT2D eigenvalue weighted by Gasteiger charge is -2.37. The summed E-state index contributed by atoms with van der Waals surface area (Å²) in [4.78, 5) is 0. The van der Waals surface area contributed by atoms with Crippen LogP contribution in [0, 0.1) is 23.7 Å². The largest absolute Gasteiger partial charge is 0.103 e. The van der Waals surface area contributed by atoms with Gasteiger partial charge in [-0.25, -0.2) is 0 Å². The van der Waals surface area contributed by atoms with Crippen molar-refractivity contribution < 1.29 is 0 Å². The monoisotopic (exact) mass is 220 g/mol. The van der Waals surface area contributed by atoms with Crippen LogP contribution in [-0.4, -0.2) is 0 Å². The Morgan fingerprint density at radius 3 is 1.81 bits per heavy atom. The molecular formula is C16H28. The molecule has 16 heavy (non-hydrogen) atoms. The summed E-state index contributed by atoms with van der Waals surface area (Å²) in [5.41, 5.74) is 0. The second-order valence-corrected chi connectivity index (χ2v) is 6.10. The molecule has 0 radical (unpaired) electrons. The number of hydrogen-bond acceptors (Lipinski definition) is 0. The van der Waals surface area contributed by atoms with Gasteiger partial charge < -0.3 is 0 Å². The van der Waals surface area contributed by atoms with Crippen molar-refractivity contribution in [2.75, 3.05) is 0 Å². The maximum Gasteiger partial charge on any atom is -0.0236 e. The van der Waals surface area contributed by atoms with Gasteiger partial charge in [0.2, 0.25) is 0 Å². The second-order valence-electron chi connectivity index (χ2n) is 6.10. The Hall–Kier alpha value is -0.260. The van der Waals surface area contributed by atoms with Crippen LogP contribution in [0.3, 0.4) is 0 Å². The van der Waals surface area contributed by atoms with Crippen LogP contribution >= 0.6 is 0 Å². The van der Waals surface area contributed by atoms with E-state index in [9.17, 15) is 0 Å². The lowest BCUT2D eigenvalue weighted by molar-refractivity contribution is 0.154. The summed E-state index contributed by atoms with van der Waals surface area (Å²) in [6.45, 7) is 6.30. The summed E-state index contributed by atoms with van der Waals surface area (Å²) in [6.07, 6.45) is 15.5. The standard InChI is InChI=1S/C16H28/c1-3-13-5-9-15(10-6-13)16-11-7-14(4-2)8-12-16/h3,13-16H,1,4-12H2,2H3/t13?,14-,15?,16-. The van der Waals surface area contributed by atoms with Crippen molar-refractivity contribution in [1.29, 1.82) is 0 Å². The molecular weight excluding hydrogens is 192 g/mol. The van der Waals surface area contributed by atoms with Gasteiger partial charge in [-0.15, -0.1) is 6.58 Å². The molecule has 0 aliphatic heterocycles. The minimum absolute atomic E-state index is 0.836. The molecule has 0 unspecified atom stereocenters. The Balaban J connectivity index is 1.75. The Morgan fingerprint density at radius 2 is 1.38 bits per heavy atom. The van der Waals surface area contributed by atoms with Gasteiger partial charge in [-0.05, 0) is 62.2 Å². The predicted molar refractivity (Wildman–Crippen MR) is 71.4 cm³/mol. The zero-order valence-electron chi connectivity index (χ0n) is 11.0. The van der Waals surface area contributed by atoms with Gasteiger partial charge in [-0.3, -0.25) is 0 Å². The highest BCUT2D eigenvalue weighted by atomic mass is 14.3. The number of allylic oxidation sites excluding steroid dienone is 1. The minimum atomic E-state index is 0.836. The first-order valence-corrected chi connectivity index (χ1v) is 7.46. The van der Waals surface area contributed by atoms with E-state index in [1.54, 1.807) is 0 Å². The lowest BCUT2D eigenvalue weighted by atomic mass is 9.69. The molecule has 0 aromatic carbocycles. The van der Waals surface area contributed by atoms with Gasteiger partial charge in [-0.1, -0.05) is 32.3 Å². The summed E-state index contributed by atoms with van der Waals surface area (Å²) < 4.78 is 0. The van der Waals surface area contributed by atoms with Crippen LogP contribution in [0.25, 0.3) is 0 Å². The molecule has 0 N–H and O–H groups in total. The molecule has 2 saturated carbocycles. The van der Waals surface area contributed by atoms with Gasteiger partial charge in [0, 0.05) is 0 Å². The SMILES string of the molecule is C=CC1CCC([C@H]2CC[C@H](CC)CC2)CC1.